The smallest absolute Gasteiger partial charge is 0.312 e. The number of methoxy groups -OCH3 is 1. The van der Waals surface area contributed by atoms with Crippen LogP contribution in [0.4, 0.5) is 0 Å². The molecule has 0 unspecified atom stereocenters. The first kappa shape index (κ1) is 14.0. The molecule has 0 spiro atoms. The van der Waals surface area contributed by atoms with Crippen molar-refractivity contribution in [3.8, 4) is 0 Å². The van der Waals surface area contributed by atoms with Gasteiger partial charge in [0.1, 0.15) is 0 Å². The second kappa shape index (κ2) is 5.67. The molecule has 0 aliphatic rings. The molecule has 0 aromatic carbocycles. The van der Waals surface area contributed by atoms with E-state index in [0.29, 0.717) is 13.1 Å². The first-order valence-electron chi connectivity index (χ1n) is 6.14. The molecule has 102 valence electrons. The molecular weight excluding hydrogens is 260 g/mol. The Balaban J connectivity index is 1.93. The highest BCUT2D eigenvalue weighted by Crippen LogP contribution is 2.20. The van der Waals surface area contributed by atoms with Gasteiger partial charge in [0.15, 0.2) is 0 Å². The minimum Gasteiger partial charge on any atom is -0.469 e. The highest BCUT2D eigenvalue weighted by atomic mass is 32.1. The molecule has 2 aromatic heterocycles. The van der Waals surface area contributed by atoms with Gasteiger partial charge in [-0.15, -0.1) is 11.3 Å². The van der Waals surface area contributed by atoms with Gasteiger partial charge in [0.05, 0.1) is 22.7 Å². The van der Waals surface area contributed by atoms with Gasteiger partial charge >= 0.3 is 5.97 Å². The molecule has 0 amide bonds. The molecule has 0 atom stereocenters. The summed E-state index contributed by atoms with van der Waals surface area (Å²) in [5, 5.41) is 5.31. The molecule has 19 heavy (non-hydrogen) atoms. The number of hydrogen-bond donors (Lipinski definition) is 1. The molecule has 4 nitrogen and oxygen atoms in total. The van der Waals surface area contributed by atoms with Gasteiger partial charge in [-0.3, -0.25) is 9.78 Å². The summed E-state index contributed by atoms with van der Waals surface area (Å²) in [6.07, 6.45) is 1.87. The van der Waals surface area contributed by atoms with Crippen LogP contribution in [0.15, 0.2) is 23.7 Å². The second-order valence-electron chi connectivity index (χ2n) is 5.13. The summed E-state index contributed by atoms with van der Waals surface area (Å²) >= 11 is 1.68. The quantitative estimate of drug-likeness (QED) is 0.854. The summed E-state index contributed by atoms with van der Waals surface area (Å²) in [5.74, 6) is -0.202. The minimum atomic E-state index is -0.519. The lowest BCUT2D eigenvalue weighted by Crippen LogP contribution is -2.36. The first-order chi connectivity index (χ1) is 9.03. The number of nitrogens with zero attached hydrogens (tertiary/aromatic N) is 1. The zero-order valence-electron chi connectivity index (χ0n) is 11.4. The normalized spacial score (nSPS) is 11.7. The Morgan fingerprint density at radius 3 is 3.05 bits per heavy atom. The number of rotatable bonds is 5. The Morgan fingerprint density at radius 1 is 1.53 bits per heavy atom. The number of fused-ring (bicyclic) bond motifs is 1. The molecule has 5 heteroatoms. The number of hydrogen-bond acceptors (Lipinski definition) is 5. The maximum absolute atomic E-state index is 11.5. The van der Waals surface area contributed by atoms with E-state index >= 15 is 0 Å². The van der Waals surface area contributed by atoms with Gasteiger partial charge in [0.25, 0.3) is 0 Å². The number of pyridine rings is 1. The van der Waals surface area contributed by atoms with Crippen molar-refractivity contribution in [1.82, 2.24) is 10.3 Å². The highest BCUT2D eigenvalue weighted by Gasteiger charge is 2.27. The summed E-state index contributed by atoms with van der Waals surface area (Å²) in [4.78, 5) is 15.9. The largest absolute Gasteiger partial charge is 0.469 e. The molecule has 0 bridgehead atoms. The van der Waals surface area contributed by atoms with E-state index in [1.165, 1.54) is 11.8 Å². The zero-order valence-corrected chi connectivity index (χ0v) is 12.2. The standard InChI is InChI=1S/C14H18N2O2S/c1-14(2,13(17)18-3)9-15-7-10-6-12-11(16-8-10)4-5-19-12/h4-6,8,15H,7,9H2,1-3H3. The van der Waals surface area contributed by atoms with E-state index in [4.69, 9.17) is 4.74 Å². The zero-order chi connectivity index (χ0) is 13.9. The molecule has 2 rings (SSSR count). The molecule has 1 N–H and O–H groups in total. The van der Waals surface area contributed by atoms with Crippen LogP contribution in [-0.4, -0.2) is 24.6 Å². The number of aromatic nitrogens is 1. The van der Waals surface area contributed by atoms with Gasteiger partial charge in [-0.2, -0.15) is 0 Å². The Morgan fingerprint density at radius 2 is 2.32 bits per heavy atom. The van der Waals surface area contributed by atoms with E-state index in [-0.39, 0.29) is 5.97 Å². The van der Waals surface area contributed by atoms with Crippen LogP contribution >= 0.6 is 11.3 Å². The van der Waals surface area contributed by atoms with Gasteiger partial charge in [0, 0.05) is 19.3 Å². The Bertz CT molecular complexity index is 578. The molecule has 0 fully saturated rings. The van der Waals surface area contributed by atoms with Crippen molar-refractivity contribution in [1.29, 1.82) is 0 Å². The number of esters is 1. The molecule has 0 radical (unpaired) electrons. The van der Waals surface area contributed by atoms with Crippen molar-refractivity contribution in [3.05, 3.63) is 29.3 Å². The van der Waals surface area contributed by atoms with Crippen molar-refractivity contribution >= 4 is 27.5 Å². The maximum Gasteiger partial charge on any atom is 0.312 e. The summed E-state index contributed by atoms with van der Waals surface area (Å²) in [6, 6.07) is 4.14. The van der Waals surface area contributed by atoms with Crippen molar-refractivity contribution in [2.75, 3.05) is 13.7 Å². The van der Waals surface area contributed by atoms with Gasteiger partial charge in [-0.25, -0.2) is 0 Å². The predicted octanol–water partition coefficient (Wildman–Crippen LogP) is 2.59. The van der Waals surface area contributed by atoms with Crippen molar-refractivity contribution in [2.24, 2.45) is 5.41 Å². The lowest BCUT2D eigenvalue weighted by molar-refractivity contribution is -0.150. The first-order valence-corrected chi connectivity index (χ1v) is 7.02. The maximum atomic E-state index is 11.5. The van der Waals surface area contributed by atoms with Crippen molar-refractivity contribution < 1.29 is 9.53 Å². The lowest BCUT2D eigenvalue weighted by atomic mass is 9.94. The van der Waals surface area contributed by atoms with E-state index in [2.05, 4.69) is 16.4 Å². The van der Waals surface area contributed by atoms with Gasteiger partial charge < -0.3 is 10.1 Å². The average molecular weight is 278 g/mol. The van der Waals surface area contributed by atoms with Gasteiger partial charge in [0.2, 0.25) is 0 Å². The Hall–Kier alpha value is -1.46. The number of nitrogens with one attached hydrogen (secondary N) is 1. The minimum absolute atomic E-state index is 0.202. The number of thiophene rings is 1. The summed E-state index contributed by atoms with van der Waals surface area (Å²) in [5.41, 5.74) is 1.63. The monoisotopic (exact) mass is 278 g/mol. The molecule has 2 heterocycles. The van der Waals surface area contributed by atoms with Crippen LogP contribution in [0.1, 0.15) is 19.4 Å². The number of carbonyl (C=O) groups excluding carboxylic acids is 1. The number of carbonyl (C=O) groups is 1. The van der Waals surface area contributed by atoms with Crippen LogP contribution in [0, 0.1) is 5.41 Å². The van der Waals surface area contributed by atoms with Crippen LogP contribution in [0.2, 0.25) is 0 Å². The van der Waals surface area contributed by atoms with E-state index < -0.39 is 5.41 Å². The third-order valence-electron chi connectivity index (χ3n) is 2.99. The molecular formula is C14H18N2O2S. The highest BCUT2D eigenvalue weighted by molar-refractivity contribution is 7.17. The van der Waals surface area contributed by atoms with Crippen molar-refractivity contribution in [3.63, 3.8) is 0 Å². The fourth-order valence-corrected chi connectivity index (χ4v) is 2.66. The van der Waals surface area contributed by atoms with Crippen LogP contribution in [0.25, 0.3) is 10.2 Å². The van der Waals surface area contributed by atoms with E-state index in [9.17, 15) is 4.79 Å². The fourth-order valence-electron chi connectivity index (χ4n) is 1.85. The third-order valence-corrected chi connectivity index (χ3v) is 3.85. The molecule has 0 aliphatic heterocycles. The van der Waals surface area contributed by atoms with E-state index in [1.807, 2.05) is 31.5 Å². The summed E-state index contributed by atoms with van der Waals surface area (Å²) < 4.78 is 5.96. The lowest BCUT2D eigenvalue weighted by Gasteiger charge is -2.21. The SMILES string of the molecule is COC(=O)C(C)(C)CNCc1cnc2ccsc2c1. The topological polar surface area (TPSA) is 51.2 Å². The average Bonchev–Trinajstić information content (AvgIpc) is 2.84. The fraction of sp³-hybridized carbons (Fsp3) is 0.429. The molecule has 0 saturated carbocycles. The Kier molecular flexibility index (Phi) is 4.17. The molecule has 2 aromatic rings. The van der Waals surface area contributed by atoms with E-state index in [0.717, 1.165) is 11.1 Å². The summed E-state index contributed by atoms with van der Waals surface area (Å²) in [7, 11) is 1.42. The third kappa shape index (κ3) is 3.30. The Labute approximate surface area is 116 Å². The number of ether oxygens (including phenoxy) is 1. The van der Waals surface area contributed by atoms with Gasteiger partial charge in [-0.1, -0.05) is 0 Å². The van der Waals surface area contributed by atoms with Gasteiger partial charge in [-0.05, 0) is 36.9 Å². The summed E-state index contributed by atoms with van der Waals surface area (Å²) in [6.45, 7) is 5.00. The van der Waals surface area contributed by atoms with Crippen molar-refractivity contribution in [2.45, 2.75) is 20.4 Å². The van der Waals surface area contributed by atoms with E-state index in [1.54, 1.807) is 11.3 Å². The molecule has 0 aliphatic carbocycles. The van der Waals surface area contributed by atoms with Crippen LogP contribution < -0.4 is 5.32 Å². The second-order valence-corrected chi connectivity index (χ2v) is 6.07. The van der Waals surface area contributed by atoms with Crippen LogP contribution in [0.3, 0.4) is 0 Å². The molecule has 0 saturated heterocycles. The van der Waals surface area contributed by atoms with Crippen LogP contribution in [-0.2, 0) is 16.1 Å². The predicted molar refractivity (Wildman–Crippen MR) is 77.1 cm³/mol. The van der Waals surface area contributed by atoms with Crippen LogP contribution in [0.5, 0.6) is 0 Å².